The summed E-state index contributed by atoms with van der Waals surface area (Å²) in [5.41, 5.74) is 3.69. The van der Waals surface area contributed by atoms with Crippen LogP contribution in [0.15, 0.2) is 48.5 Å². The Kier molecular flexibility index (Phi) is 4.03. The smallest absolute Gasteiger partial charge is 0.307 e. The molecule has 1 saturated carbocycles. The van der Waals surface area contributed by atoms with E-state index in [-0.39, 0.29) is 17.3 Å². The summed E-state index contributed by atoms with van der Waals surface area (Å²) in [6, 6.07) is 16.7. The molecular weight excluding hydrogens is 312 g/mol. The first kappa shape index (κ1) is 16.2. The van der Waals surface area contributed by atoms with Crippen molar-refractivity contribution in [1.29, 1.82) is 0 Å². The van der Waals surface area contributed by atoms with Crippen LogP contribution in [0.2, 0.25) is 0 Å². The number of aryl methyl sites for hydroxylation is 2. The summed E-state index contributed by atoms with van der Waals surface area (Å²) in [5, 5.41) is 9.49. The molecule has 2 aromatic rings. The van der Waals surface area contributed by atoms with Crippen molar-refractivity contribution in [2.75, 3.05) is 6.61 Å². The fourth-order valence-electron chi connectivity index (χ4n) is 4.74. The van der Waals surface area contributed by atoms with E-state index >= 15 is 0 Å². The quantitative estimate of drug-likeness (QED) is 0.803. The lowest BCUT2D eigenvalue weighted by Crippen LogP contribution is -2.12. The Labute approximate surface area is 148 Å². The van der Waals surface area contributed by atoms with Gasteiger partial charge in [0.25, 0.3) is 0 Å². The highest BCUT2D eigenvalue weighted by atomic mass is 16.5. The maximum absolute atomic E-state index is 11.5. The summed E-state index contributed by atoms with van der Waals surface area (Å²) < 4.78 is 5.96. The summed E-state index contributed by atoms with van der Waals surface area (Å²) in [6.07, 6.45) is 3.92. The molecular formula is C22H24O3. The average Bonchev–Trinajstić information content (AvgIpc) is 3.05. The molecule has 4 rings (SSSR count). The van der Waals surface area contributed by atoms with Crippen LogP contribution in [0.4, 0.5) is 0 Å². The molecule has 3 nitrogen and oxygen atoms in total. The molecule has 2 aromatic carbocycles. The molecule has 0 aromatic heterocycles. The molecule has 130 valence electrons. The van der Waals surface area contributed by atoms with E-state index in [0.29, 0.717) is 6.61 Å². The van der Waals surface area contributed by atoms with Gasteiger partial charge in [-0.3, -0.25) is 4.79 Å². The van der Waals surface area contributed by atoms with Crippen LogP contribution in [0.1, 0.15) is 36.5 Å². The van der Waals surface area contributed by atoms with Crippen LogP contribution in [-0.4, -0.2) is 17.7 Å². The van der Waals surface area contributed by atoms with E-state index in [1.54, 1.807) is 0 Å². The molecule has 1 N–H and O–H groups in total. The van der Waals surface area contributed by atoms with Crippen molar-refractivity contribution in [1.82, 2.24) is 0 Å². The maximum Gasteiger partial charge on any atom is 0.307 e. The van der Waals surface area contributed by atoms with Gasteiger partial charge in [0.05, 0.1) is 12.5 Å². The molecule has 25 heavy (non-hydrogen) atoms. The largest absolute Gasteiger partial charge is 0.494 e. The zero-order chi connectivity index (χ0) is 17.4. The molecule has 3 atom stereocenters. The Hall–Kier alpha value is -2.29. The summed E-state index contributed by atoms with van der Waals surface area (Å²) in [6.45, 7) is 2.75. The lowest BCUT2D eigenvalue weighted by molar-refractivity contribution is -0.139. The zero-order valence-corrected chi connectivity index (χ0v) is 14.6. The zero-order valence-electron chi connectivity index (χ0n) is 14.6. The van der Waals surface area contributed by atoms with Crippen LogP contribution < -0.4 is 4.74 Å². The number of rotatable bonds is 6. The molecule has 1 spiro atoms. The number of fused-ring (bicyclic) bond motifs is 2. The van der Waals surface area contributed by atoms with Gasteiger partial charge in [-0.25, -0.2) is 0 Å². The third-order valence-electron chi connectivity index (χ3n) is 6.14. The summed E-state index contributed by atoms with van der Waals surface area (Å²) in [4.78, 5) is 11.5. The Morgan fingerprint density at radius 1 is 1.24 bits per heavy atom. The Bertz CT molecular complexity index is 783. The second kappa shape index (κ2) is 6.21. The summed E-state index contributed by atoms with van der Waals surface area (Å²) >= 11 is 0. The second-order valence-corrected chi connectivity index (χ2v) is 7.40. The normalized spacial score (nSPS) is 26.4. The predicted molar refractivity (Wildman–Crippen MR) is 97.0 cm³/mol. The van der Waals surface area contributed by atoms with E-state index in [1.807, 2.05) is 12.1 Å². The van der Waals surface area contributed by atoms with Crippen LogP contribution >= 0.6 is 0 Å². The van der Waals surface area contributed by atoms with Gasteiger partial charge >= 0.3 is 5.97 Å². The van der Waals surface area contributed by atoms with E-state index in [2.05, 4.69) is 43.3 Å². The molecule has 3 heteroatoms. The number of hydrogen-bond acceptors (Lipinski definition) is 2. The van der Waals surface area contributed by atoms with E-state index in [4.69, 9.17) is 4.74 Å². The fraction of sp³-hybridized carbons (Fsp3) is 0.409. The van der Waals surface area contributed by atoms with Crippen molar-refractivity contribution in [3.63, 3.8) is 0 Å². The third kappa shape index (κ3) is 2.72. The monoisotopic (exact) mass is 336 g/mol. The molecule has 3 unspecified atom stereocenters. The van der Waals surface area contributed by atoms with Gasteiger partial charge in [0.1, 0.15) is 5.75 Å². The van der Waals surface area contributed by atoms with Gasteiger partial charge in [-0.1, -0.05) is 43.3 Å². The first-order valence-corrected chi connectivity index (χ1v) is 9.16. The van der Waals surface area contributed by atoms with E-state index in [0.717, 1.165) is 31.4 Å². The fourth-order valence-corrected chi connectivity index (χ4v) is 4.74. The van der Waals surface area contributed by atoms with E-state index in [9.17, 15) is 9.90 Å². The van der Waals surface area contributed by atoms with Gasteiger partial charge in [0.2, 0.25) is 0 Å². The molecule has 0 amide bonds. The Balaban J connectivity index is 1.41. The highest BCUT2D eigenvalue weighted by Gasteiger charge is 2.68. The van der Waals surface area contributed by atoms with Crippen molar-refractivity contribution in [2.45, 2.75) is 38.0 Å². The molecule has 2 aliphatic rings. The van der Waals surface area contributed by atoms with Crippen molar-refractivity contribution in [3.05, 3.63) is 65.2 Å². The predicted octanol–water partition coefficient (Wildman–Crippen LogP) is 4.23. The first-order valence-electron chi connectivity index (χ1n) is 9.16. The number of aliphatic carboxylic acids is 1. The standard InChI is InChI=1S/C22H24O3/c1-15-20(21(23)24)22(15)12-11-17-9-10-18(14-19(17)22)25-13-5-8-16-6-3-2-4-7-16/h2-4,6-7,9-10,14-15,20H,5,8,11-13H2,1H3,(H,23,24). The molecule has 0 saturated heterocycles. The molecule has 0 aliphatic heterocycles. The van der Waals surface area contributed by atoms with Crippen LogP contribution in [0.25, 0.3) is 0 Å². The minimum Gasteiger partial charge on any atom is -0.494 e. The second-order valence-electron chi connectivity index (χ2n) is 7.40. The van der Waals surface area contributed by atoms with Crippen LogP contribution in [0.3, 0.4) is 0 Å². The van der Waals surface area contributed by atoms with Gasteiger partial charge in [0, 0.05) is 5.41 Å². The number of ether oxygens (including phenoxy) is 1. The highest BCUT2D eigenvalue weighted by molar-refractivity contribution is 5.79. The Morgan fingerprint density at radius 3 is 2.76 bits per heavy atom. The minimum atomic E-state index is -0.658. The first-order chi connectivity index (χ1) is 12.1. The van der Waals surface area contributed by atoms with Crippen molar-refractivity contribution >= 4 is 5.97 Å². The number of carboxylic acids is 1. The molecule has 0 bridgehead atoms. The summed E-state index contributed by atoms with van der Waals surface area (Å²) in [7, 11) is 0. The highest BCUT2D eigenvalue weighted by Crippen LogP contribution is 2.66. The van der Waals surface area contributed by atoms with Gasteiger partial charge in [-0.15, -0.1) is 0 Å². The van der Waals surface area contributed by atoms with Gasteiger partial charge in [-0.05, 0) is 60.4 Å². The lowest BCUT2D eigenvalue weighted by Gasteiger charge is -2.13. The lowest BCUT2D eigenvalue weighted by atomic mass is 9.93. The molecule has 1 fully saturated rings. The SMILES string of the molecule is CC1C(C(=O)O)C12CCc1ccc(OCCCc3ccccc3)cc12. The number of hydrogen-bond donors (Lipinski definition) is 1. The topological polar surface area (TPSA) is 46.5 Å². The number of benzene rings is 2. The van der Waals surface area contributed by atoms with Crippen molar-refractivity contribution in [3.8, 4) is 5.75 Å². The maximum atomic E-state index is 11.5. The van der Waals surface area contributed by atoms with E-state index < -0.39 is 5.97 Å². The van der Waals surface area contributed by atoms with E-state index in [1.165, 1.54) is 16.7 Å². The number of carbonyl (C=O) groups is 1. The van der Waals surface area contributed by atoms with Crippen molar-refractivity contribution in [2.24, 2.45) is 11.8 Å². The van der Waals surface area contributed by atoms with Crippen LogP contribution in [-0.2, 0) is 23.1 Å². The van der Waals surface area contributed by atoms with Crippen molar-refractivity contribution < 1.29 is 14.6 Å². The van der Waals surface area contributed by atoms with Gasteiger partial charge in [0.15, 0.2) is 0 Å². The summed E-state index contributed by atoms with van der Waals surface area (Å²) in [5.74, 6) is 0.201. The number of carboxylic acid groups (broad SMARTS) is 1. The Morgan fingerprint density at radius 2 is 2.04 bits per heavy atom. The molecule has 0 heterocycles. The van der Waals surface area contributed by atoms with Crippen LogP contribution in [0.5, 0.6) is 5.75 Å². The van der Waals surface area contributed by atoms with Gasteiger partial charge < -0.3 is 9.84 Å². The molecule has 2 aliphatic carbocycles. The van der Waals surface area contributed by atoms with Gasteiger partial charge in [-0.2, -0.15) is 0 Å². The van der Waals surface area contributed by atoms with Crippen LogP contribution in [0, 0.1) is 11.8 Å². The third-order valence-corrected chi connectivity index (χ3v) is 6.14. The minimum absolute atomic E-state index is 0.148. The average molecular weight is 336 g/mol. The molecule has 0 radical (unpaired) electrons.